The summed E-state index contributed by atoms with van der Waals surface area (Å²) in [6.07, 6.45) is 1.63. The summed E-state index contributed by atoms with van der Waals surface area (Å²) in [5.41, 5.74) is 6.93. The number of carbonyl (C=O) groups excluding carboxylic acids is 3. The smallest absolute Gasteiger partial charge is 0.265 e. The molecule has 1 aromatic heterocycles. The van der Waals surface area contributed by atoms with E-state index in [9.17, 15) is 14.4 Å². The molecule has 3 aromatic rings. The number of likely N-dealkylation sites (tertiary alicyclic amines) is 1. The van der Waals surface area contributed by atoms with Crippen molar-refractivity contribution in [1.82, 2.24) is 20.1 Å². The number of carbonyl (C=O) groups is 3. The highest BCUT2D eigenvalue weighted by atomic mass is 32.1. The van der Waals surface area contributed by atoms with Crippen molar-refractivity contribution in [2.75, 3.05) is 39.0 Å². The normalized spacial score (nSPS) is 19.9. The molecule has 1 fully saturated rings. The van der Waals surface area contributed by atoms with Crippen molar-refractivity contribution in [3.8, 4) is 17.2 Å². The Labute approximate surface area is 235 Å². The van der Waals surface area contributed by atoms with Crippen molar-refractivity contribution in [3.05, 3.63) is 64.7 Å². The highest BCUT2D eigenvalue weighted by Gasteiger charge is 2.34. The molecule has 3 heterocycles. The van der Waals surface area contributed by atoms with Crippen LogP contribution in [0.15, 0.2) is 48.7 Å². The van der Waals surface area contributed by atoms with Gasteiger partial charge in [-0.05, 0) is 43.2 Å². The number of thiazole rings is 1. The van der Waals surface area contributed by atoms with E-state index in [0.29, 0.717) is 52.4 Å². The molecular formula is C28H31N5O6S. The van der Waals surface area contributed by atoms with Crippen LogP contribution >= 0.6 is 11.3 Å². The van der Waals surface area contributed by atoms with Gasteiger partial charge < -0.3 is 35.1 Å². The predicted molar refractivity (Wildman–Crippen MR) is 149 cm³/mol. The SMILES string of the molecule is CCOc1cc2cc(c1)C(=O)N(C)CC(=O)N[C@H]1CN(C(=O)c3cnc(N)s3)CC[C@H]1OCc1cccc(c1)O2. The van der Waals surface area contributed by atoms with E-state index in [0.717, 1.165) is 16.9 Å². The summed E-state index contributed by atoms with van der Waals surface area (Å²) in [7, 11) is 1.56. The number of nitrogens with one attached hydrogen (secondary N) is 1. The van der Waals surface area contributed by atoms with Crippen LogP contribution in [0.5, 0.6) is 17.2 Å². The highest BCUT2D eigenvalue weighted by molar-refractivity contribution is 7.17. The van der Waals surface area contributed by atoms with Gasteiger partial charge >= 0.3 is 0 Å². The van der Waals surface area contributed by atoms with E-state index in [1.54, 1.807) is 30.1 Å². The Morgan fingerprint density at radius 1 is 1.23 bits per heavy atom. The first-order chi connectivity index (χ1) is 19.3. The summed E-state index contributed by atoms with van der Waals surface area (Å²) < 4.78 is 18.0. The number of rotatable bonds is 3. The molecule has 2 aliphatic rings. The summed E-state index contributed by atoms with van der Waals surface area (Å²) >= 11 is 1.12. The second-order valence-electron chi connectivity index (χ2n) is 9.66. The fraction of sp³-hybridized carbons (Fsp3) is 0.357. The second kappa shape index (κ2) is 11.9. The van der Waals surface area contributed by atoms with Crippen LogP contribution in [0.25, 0.3) is 0 Å². The molecule has 3 amide bonds. The van der Waals surface area contributed by atoms with Crippen molar-refractivity contribution >= 4 is 34.2 Å². The summed E-state index contributed by atoms with van der Waals surface area (Å²) in [6.45, 7) is 3.07. The third kappa shape index (κ3) is 6.35. The van der Waals surface area contributed by atoms with Gasteiger partial charge in [-0.25, -0.2) is 4.98 Å². The zero-order valence-electron chi connectivity index (χ0n) is 22.3. The molecule has 2 atom stereocenters. The largest absolute Gasteiger partial charge is 0.494 e. The fourth-order valence-electron chi connectivity index (χ4n) is 4.80. The van der Waals surface area contributed by atoms with Gasteiger partial charge in [-0.1, -0.05) is 23.5 Å². The average molecular weight is 566 g/mol. The maximum absolute atomic E-state index is 13.3. The number of ether oxygens (including phenoxy) is 3. The zero-order chi connectivity index (χ0) is 28.2. The molecule has 5 rings (SSSR count). The second-order valence-corrected chi connectivity index (χ2v) is 10.7. The highest BCUT2D eigenvalue weighted by Crippen LogP contribution is 2.29. The number of nitrogens with zero attached hydrogens (tertiary/aromatic N) is 3. The Balaban J connectivity index is 1.42. The number of anilines is 1. The van der Waals surface area contributed by atoms with E-state index in [2.05, 4.69) is 10.3 Å². The van der Waals surface area contributed by atoms with E-state index in [1.165, 1.54) is 11.1 Å². The molecule has 11 nitrogen and oxygen atoms in total. The van der Waals surface area contributed by atoms with Gasteiger partial charge in [0.15, 0.2) is 5.13 Å². The number of fused-ring (bicyclic) bond motifs is 5. The Morgan fingerprint density at radius 2 is 2.08 bits per heavy atom. The first-order valence-corrected chi connectivity index (χ1v) is 13.8. The minimum absolute atomic E-state index is 0.185. The van der Waals surface area contributed by atoms with Crippen molar-refractivity contribution < 1.29 is 28.6 Å². The van der Waals surface area contributed by atoms with Gasteiger partial charge in [-0.3, -0.25) is 14.4 Å². The minimum Gasteiger partial charge on any atom is -0.494 e. The summed E-state index contributed by atoms with van der Waals surface area (Å²) in [6, 6.07) is 12.0. The molecule has 1 saturated heterocycles. The van der Waals surface area contributed by atoms with Gasteiger partial charge in [0.2, 0.25) is 5.91 Å². The van der Waals surface area contributed by atoms with Gasteiger partial charge in [0.1, 0.15) is 22.1 Å². The molecule has 0 spiro atoms. The summed E-state index contributed by atoms with van der Waals surface area (Å²) in [5, 5.41) is 3.32. The van der Waals surface area contributed by atoms with Crippen LogP contribution in [0.2, 0.25) is 0 Å². The Bertz CT molecular complexity index is 1410. The van der Waals surface area contributed by atoms with Crippen molar-refractivity contribution in [2.24, 2.45) is 0 Å². The van der Waals surface area contributed by atoms with Crippen molar-refractivity contribution in [3.63, 3.8) is 0 Å². The molecule has 0 unspecified atom stereocenters. The Morgan fingerprint density at radius 3 is 2.85 bits per heavy atom. The van der Waals surface area contributed by atoms with Crippen LogP contribution in [-0.2, 0) is 16.1 Å². The number of piperidine rings is 1. The van der Waals surface area contributed by atoms with Crippen LogP contribution in [0, 0.1) is 0 Å². The Hall–Kier alpha value is -4.16. The molecule has 0 radical (unpaired) electrons. The lowest BCUT2D eigenvalue weighted by atomic mass is 10.0. The van der Waals surface area contributed by atoms with E-state index in [1.807, 2.05) is 31.2 Å². The number of nitrogens with two attached hydrogens (primary N) is 1. The predicted octanol–water partition coefficient (Wildman–Crippen LogP) is 2.92. The Kier molecular flexibility index (Phi) is 8.17. The molecular weight excluding hydrogens is 534 g/mol. The molecule has 0 saturated carbocycles. The topological polar surface area (TPSA) is 136 Å². The third-order valence-electron chi connectivity index (χ3n) is 6.68. The van der Waals surface area contributed by atoms with Crippen LogP contribution in [0.4, 0.5) is 5.13 Å². The lowest BCUT2D eigenvalue weighted by molar-refractivity contribution is -0.124. The molecule has 40 heavy (non-hydrogen) atoms. The standard InChI is InChI=1S/C28H31N5O6S/c1-3-37-20-10-18-11-21(12-20)39-19-6-4-5-17(9-19)16-38-23-7-8-33(27(36)24-13-30-28(29)40-24)14-22(23)31-25(34)15-32(2)26(18)35/h4-6,9-13,22-23H,3,7-8,14-16H2,1-2H3,(H2,29,30)(H,31,34)/t22-,23+/m0/s1. The van der Waals surface area contributed by atoms with E-state index < -0.39 is 6.04 Å². The average Bonchev–Trinajstić information content (AvgIpc) is 3.37. The number of nitrogen functional groups attached to an aromatic ring is 1. The van der Waals surface area contributed by atoms with Crippen LogP contribution < -0.4 is 20.5 Å². The monoisotopic (exact) mass is 565 g/mol. The van der Waals surface area contributed by atoms with Gasteiger partial charge in [0.25, 0.3) is 11.8 Å². The number of hydrogen-bond acceptors (Lipinski definition) is 9. The first kappa shape index (κ1) is 27.4. The van der Waals surface area contributed by atoms with Crippen LogP contribution in [-0.4, -0.2) is 77.9 Å². The maximum atomic E-state index is 13.3. The number of aromatic nitrogens is 1. The van der Waals surface area contributed by atoms with Gasteiger partial charge in [-0.2, -0.15) is 0 Å². The maximum Gasteiger partial charge on any atom is 0.265 e. The zero-order valence-corrected chi connectivity index (χ0v) is 23.1. The fourth-order valence-corrected chi connectivity index (χ4v) is 5.45. The third-order valence-corrected chi connectivity index (χ3v) is 7.50. The van der Waals surface area contributed by atoms with Gasteiger partial charge in [-0.15, -0.1) is 0 Å². The van der Waals surface area contributed by atoms with E-state index >= 15 is 0 Å². The molecule has 210 valence electrons. The minimum atomic E-state index is -0.487. The molecule has 2 aromatic carbocycles. The summed E-state index contributed by atoms with van der Waals surface area (Å²) in [4.78, 5) is 46.9. The quantitative estimate of drug-likeness (QED) is 0.495. The lowest BCUT2D eigenvalue weighted by Crippen LogP contribution is -2.58. The van der Waals surface area contributed by atoms with Gasteiger partial charge in [0.05, 0.1) is 38.1 Å². The number of hydrogen-bond donors (Lipinski definition) is 2. The van der Waals surface area contributed by atoms with Crippen molar-refractivity contribution in [2.45, 2.75) is 32.1 Å². The van der Waals surface area contributed by atoms with Crippen LogP contribution in [0.1, 0.15) is 38.9 Å². The molecule has 3 N–H and O–H groups in total. The van der Waals surface area contributed by atoms with Crippen molar-refractivity contribution in [1.29, 1.82) is 0 Å². The lowest BCUT2D eigenvalue weighted by Gasteiger charge is -2.38. The summed E-state index contributed by atoms with van der Waals surface area (Å²) in [5.74, 6) is 0.589. The van der Waals surface area contributed by atoms with E-state index in [4.69, 9.17) is 19.9 Å². The van der Waals surface area contributed by atoms with Crippen LogP contribution in [0.3, 0.4) is 0 Å². The van der Waals surface area contributed by atoms with Gasteiger partial charge in [0, 0.05) is 31.8 Å². The number of benzene rings is 2. The molecule has 0 aliphatic carbocycles. The number of likely N-dealkylation sites (N-methyl/N-ethyl adjacent to an activating group) is 1. The number of amides is 3. The van der Waals surface area contributed by atoms with E-state index in [-0.39, 0.29) is 43.5 Å². The molecule has 2 aliphatic heterocycles. The molecule has 4 bridgehead atoms. The molecule has 12 heteroatoms. The first-order valence-electron chi connectivity index (χ1n) is 13.0.